The number of carbonyl (C=O) groups is 2. The quantitative estimate of drug-likeness (QED) is 0.735. The van der Waals surface area contributed by atoms with Gasteiger partial charge in [0.1, 0.15) is 6.54 Å². The SMILES string of the molecule is CC(C)C#Cc1ccc([C@H]2[C@H](CO)N3C(=O)CN(C(=O)NC4CCCCC4)C[C@@H]23)cc1. The molecule has 1 aliphatic carbocycles. The maximum Gasteiger partial charge on any atom is 0.318 e. The molecule has 0 spiro atoms. The van der Waals surface area contributed by atoms with Crippen LogP contribution in [0.4, 0.5) is 4.79 Å². The molecule has 0 radical (unpaired) electrons. The van der Waals surface area contributed by atoms with Gasteiger partial charge in [-0.25, -0.2) is 4.79 Å². The number of amides is 3. The summed E-state index contributed by atoms with van der Waals surface area (Å²) in [7, 11) is 0. The van der Waals surface area contributed by atoms with Crippen LogP contribution in [0.5, 0.6) is 0 Å². The molecule has 1 aromatic carbocycles. The van der Waals surface area contributed by atoms with E-state index in [1.54, 1.807) is 9.80 Å². The molecule has 2 aliphatic heterocycles. The van der Waals surface area contributed by atoms with Crippen LogP contribution in [0.3, 0.4) is 0 Å². The third kappa shape index (κ3) is 4.57. The minimum Gasteiger partial charge on any atom is -0.394 e. The lowest BCUT2D eigenvalue weighted by Crippen LogP contribution is -2.74. The highest BCUT2D eigenvalue weighted by molar-refractivity contribution is 5.87. The van der Waals surface area contributed by atoms with Crippen LogP contribution in [0.15, 0.2) is 24.3 Å². The Morgan fingerprint density at radius 3 is 2.55 bits per heavy atom. The van der Waals surface area contributed by atoms with Crippen molar-refractivity contribution >= 4 is 11.9 Å². The molecule has 166 valence electrons. The zero-order chi connectivity index (χ0) is 22.0. The van der Waals surface area contributed by atoms with Gasteiger partial charge >= 0.3 is 6.03 Å². The van der Waals surface area contributed by atoms with Crippen LogP contribution in [0, 0.1) is 17.8 Å². The van der Waals surface area contributed by atoms with Gasteiger partial charge in [-0.05, 0) is 30.5 Å². The number of aliphatic hydroxyl groups excluding tert-OH is 1. The zero-order valence-electron chi connectivity index (χ0n) is 18.5. The van der Waals surface area contributed by atoms with E-state index in [1.807, 2.05) is 24.3 Å². The monoisotopic (exact) mass is 423 g/mol. The molecular formula is C25H33N3O3. The minimum atomic E-state index is -0.228. The third-order valence-electron chi connectivity index (χ3n) is 6.77. The van der Waals surface area contributed by atoms with Gasteiger partial charge in [-0.1, -0.05) is 57.1 Å². The Hall–Kier alpha value is -2.52. The second-order valence-electron chi connectivity index (χ2n) is 9.36. The molecule has 4 rings (SSSR count). The van der Waals surface area contributed by atoms with Crippen LogP contribution in [-0.2, 0) is 4.79 Å². The lowest BCUT2D eigenvalue weighted by Gasteiger charge is -2.58. The Morgan fingerprint density at radius 2 is 1.90 bits per heavy atom. The highest BCUT2D eigenvalue weighted by Gasteiger charge is 2.54. The van der Waals surface area contributed by atoms with Crippen molar-refractivity contribution in [1.82, 2.24) is 15.1 Å². The number of carbonyl (C=O) groups excluding carboxylic acids is 2. The number of fused-ring (bicyclic) bond motifs is 1. The lowest BCUT2D eigenvalue weighted by atomic mass is 9.73. The second kappa shape index (κ2) is 9.32. The first-order valence-electron chi connectivity index (χ1n) is 11.6. The van der Waals surface area contributed by atoms with Crippen molar-refractivity contribution in [3.05, 3.63) is 35.4 Å². The average Bonchev–Trinajstić information content (AvgIpc) is 2.75. The predicted octanol–water partition coefficient (Wildman–Crippen LogP) is 2.71. The Morgan fingerprint density at radius 1 is 1.19 bits per heavy atom. The summed E-state index contributed by atoms with van der Waals surface area (Å²) in [6.45, 7) is 4.64. The number of nitrogens with zero attached hydrogens (tertiary/aromatic N) is 2. The van der Waals surface area contributed by atoms with Crippen LogP contribution in [-0.4, -0.2) is 64.7 Å². The molecule has 31 heavy (non-hydrogen) atoms. The van der Waals surface area contributed by atoms with Crippen molar-refractivity contribution in [2.24, 2.45) is 5.92 Å². The summed E-state index contributed by atoms with van der Waals surface area (Å²) >= 11 is 0. The van der Waals surface area contributed by atoms with E-state index in [9.17, 15) is 14.7 Å². The first-order valence-corrected chi connectivity index (χ1v) is 11.6. The molecule has 3 aliphatic rings. The summed E-state index contributed by atoms with van der Waals surface area (Å²) in [5.41, 5.74) is 2.04. The van der Waals surface area contributed by atoms with Gasteiger partial charge in [-0.15, -0.1) is 0 Å². The summed E-state index contributed by atoms with van der Waals surface area (Å²) in [6, 6.07) is 7.85. The number of piperazine rings is 1. The molecule has 3 fully saturated rings. The molecule has 6 heteroatoms. The number of urea groups is 1. The van der Waals surface area contributed by atoms with Gasteiger partial charge in [0.2, 0.25) is 5.91 Å². The summed E-state index contributed by atoms with van der Waals surface area (Å²) in [6.07, 6.45) is 5.57. The fraction of sp³-hybridized carbons (Fsp3) is 0.600. The van der Waals surface area contributed by atoms with Gasteiger partial charge in [0.05, 0.1) is 18.7 Å². The summed E-state index contributed by atoms with van der Waals surface area (Å²) < 4.78 is 0. The van der Waals surface area contributed by atoms with Gasteiger partial charge in [-0.3, -0.25) is 4.79 Å². The molecule has 2 heterocycles. The van der Waals surface area contributed by atoms with Gasteiger partial charge in [0.25, 0.3) is 0 Å². The van der Waals surface area contributed by atoms with Crippen LogP contribution in [0.25, 0.3) is 0 Å². The highest BCUT2D eigenvalue weighted by Crippen LogP contribution is 2.42. The van der Waals surface area contributed by atoms with E-state index in [0.29, 0.717) is 12.5 Å². The molecule has 0 bridgehead atoms. The number of nitrogens with one attached hydrogen (secondary N) is 1. The predicted molar refractivity (Wildman–Crippen MR) is 119 cm³/mol. The van der Waals surface area contributed by atoms with Crippen molar-refractivity contribution in [3.63, 3.8) is 0 Å². The Kier molecular flexibility index (Phi) is 6.52. The number of benzene rings is 1. The van der Waals surface area contributed by atoms with Crippen molar-refractivity contribution in [2.45, 2.75) is 70.0 Å². The molecule has 3 atom stereocenters. The number of hydrogen-bond donors (Lipinski definition) is 2. The molecule has 0 aromatic heterocycles. The molecule has 6 nitrogen and oxygen atoms in total. The van der Waals surface area contributed by atoms with Gasteiger partial charge < -0.3 is 20.2 Å². The Balaban J connectivity index is 1.46. The topological polar surface area (TPSA) is 72.9 Å². The fourth-order valence-electron chi connectivity index (χ4n) is 5.18. The zero-order valence-corrected chi connectivity index (χ0v) is 18.5. The average molecular weight is 424 g/mol. The Bertz CT molecular complexity index is 864. The molecule has 1 saturated carbocycles. The van der Waals surface area contributed by atoms with E-state index in [-0.39, 0.29) is 49.1 Å². The van der Waals surface area contributed by atoms with Gasteiger partial charge in [-0.2, -0.15) is 0 Å². The molecular weight excluding hydrogens is 390 g/mol. The molecule has 0 unspecified atom stereocenters. The van der Waals surface area contributed by atoms with Crippen molar-refractivity contribution in [2.75, 3.05) is 19.7 Å². The van der Waals surface area contributed by atoms with E-state index in [4.69, 9.17) is 0 Å². The smallest absolute Gasteiger partial charge is 0.318 e. The van der Waals surface area contributed by atoms with E-state index in [1.165, 1.54) is 6.42 Å². The fourth-order valence-corrected chi connectivity index (χ4v) is 5.18. The maximum absolute atomic E-state index is 12.8. The molecule has 2 N–H and O–H groups in total. The number of aliphatic hydroxyl groups is 1. The highest BCUT2D eigenvalue weighted by atomic mass is 16.3. The number of rotatable bonds is 3. The number of hydrogen-bond acceptors (Lipinski definition) is 3. The standard InChI is InChI=1S/C25H33N3O3/c1-17(2)8-9-18-10-12-19(13-11-18)24-21-14-27(15-23(30)28(21)22(24)16-29)25(31)26-20-6-4-3-5-7-20/h10-13,17,20-22,24,29H,3-7,14-16H2,1-2H3,(H,26,31)/t21-,22-,24+/m0/s1. The van der Waals surface area contributed by atoms with Crippen LogP contribution in [0.2, 0.25) is 0 Å². The van der Waals surface area contributed by atoms with E-state index in [0.717, 1.165) is 36.8 Å². The summed E-state index contributed by atoms with van der Waals surface area (Å²) in [5.74, 6) is 6.60. The van der Waals surface area contributed by atoms with Crippen LogP contribution < -0.4 is 5.32 Å². The summed E-state index contributed by atoms with van der Waals surface area (Å²) in [4.78, 5) is 29.1. The third-order valence-corrected chi connectivity index (χ3v) is 6.77. The van der Waals surface area contributed by atoms with Gasteiger partial charge in [0.15, 0.2) is 0 Å². The molecule has 2 saturated heterocycles. The second-order valence-corrected chi connectivity index (χ2v) is 9.36. The van der Waals surface area contributed by atoms with Crippen LogP contribution >= 0.6 is 0 Å². The molecule has 1 aromatic rings. The van der Waals surface area contributed by atoms with Crippen molar-refractivity contribution in [1.29, 1.82) is 0 Å². The summed E-state index contributed by atoms with van der Waals surface area (Å²) in [5, 5.41) is 13.1. The molecule has 3 amide bonds. The van der Waals surface area contributed by atoms with E-state index < -0.39 is 0 Å². The largest absolute Gasteiger partial charge is 0.394 e. The van der Waals surface area contributed by atoms with Crippen molar-refractivity contribution in [3.8, 4) is 11.8 Å². The maximum atomic E-state index is 12.8. The minimum absolute atomic E-state index is 0.0198. The first kappa shape index (κ1) is 21.7. The Labute approximate surface area is 185 Å². The van der Waals surface area contributed by atoms with E-state index >= 15 is 0 Å². The van der Waals surface area contributed by atoms with Crippen molar-refractivity contribution < 1.29 is 14.7 Å². The van der Waals surface area contributed by atoms with Gasteiger partial charge in [0, 0.05) is 30.0 Å². The van der Waals surface area contributed by atoms with E-state index in [2.05, 4.69) is 31.0 Å². The lowest BCUT2D eigenvalue weighted by molar-refractivity contribution is -0.159. The first-order chi connectivity index (χ1) is 15.0. The normalized spacial score (nSPS) is 26.1. The van der Waals surface area contributed by atoms with Crippen LogP contribution in [0.1, 0.15) is 63.0 Å².